The Balaban J connectivity index is 2.37. The Hall–Kier alpha value is -5.23. The SMILES string of the molecule is COCCOCCCC(=O)[C@@H](CCC(=O)NO)NC(=O)[C@H](CCC(=O)NO)CC(=O)[C@@H](Cc1ccc(O)cc1)NC(=O)[C@@H](CC(C)=O)Cc1ccc(O)cc1. The highest BCUT2D eigenvalue weighted by molar-refractivity contribution is 5.95. The van der Waals surface area contributed by atoms with Gasteiger partial charge in [-0.05, 0) is 74.4 Å². The Morgan fingerprint density at radius 1 is 0.618 bits per heavy atom. The van der Waals surface area contributed by atoms with Crippen molar-refractivity contribution in [3.05, 3.63) is 59.7 Å². The molecule has 0 aliphatic carbocycles. The van der Waals surface area contributed by atoms with Crippen LogP contribution < -0.4 is 21.6 Å². The lowest BCUT2D eigenvalue weighted by molar-refractivity contribution is -0.136. The van der Waals surface area contributed by atoms with E-state index in [0.29, 0.717) is 24.3 Å². The number of Topliss-reactive ketones (excluding diaryl/α,β-unsaturated/α-hetero) is 3. The number of phenols is 2. The fraction of sp³-hybridized carbons (Fsp3) is 0.500. The molecule has 0 aliphatic rings. The van der Waals surface area contributed by atoms with Gasteiger partial charge in [-0.3, -0.25) is 39.2 Å². The number of hydrogen-bond donors (Lipinski definition) is 8. The van der Waals surface area contributed by atoms with Gasteiger partial charge in [0.1, 0.15) is 17.3 Å². The van der Waals surface area contributed by atoms with Crippen LogP contribution in [0.5, 0.6) is 11.5 Å². The largest absolute Gasteiger partial charge is 0.508 e. The van der Waals surface area contributed by atoms with Crippen LogP contribution in [0.2, 0.25) is 0 Å². The summed E-state index contributed by atoms with van der Waals surface area (Å²) in [5, 5.41) is 42.9. The van der Waals surface area contributed by atoms with Crippen molar-refractivity contribution in [1.82, 2.24) is 21.6 Å². The number of benzene rings is 2. The Kier molecular flexibility index (Phi) is 20.8. The molecule has 0 aromatic heterocycles. The number of ether oxygens (including phenoxy) is 2. The molecule has 4 atom stereocenters. The van der Waals surface area contributed by atoms with Crippen LogP contribution in [0.25, 0.3) is 0 Å². The minimum absolute atomic E-state index is 0.0144. The van der Waals surface area contributed by atoms with Gasteiger partial charge in [0.05, 0.1) is 25.3 Å². The molecular weight excluding hydrogens is 720 g/mol. The molecule has 2 aromatic carbocycles. The Bertz CT molecular complexity index is 1570. The van der Waals surface area contributed by atoms with Crippen molar-refractivity contribution in [2.75, 3.05) is 26.9 Å². The van der Waals surface area contributed by atoms with Gasteiger partial charge in [0.25, 0.3) is 0 Å². The summed E-state index contributed by atoms with van der Waals surface area (Å²) in [5.74, 6) is -6.63. The lowest BCUT2D eigenvalue weighted by Gasteiger charge is -2.25. The maximum Gasteiger partial charge on any atom is 0.243 e. The van der Waals surface area contributed by atoms with E-state index in [4.69, 9.17) is 19.9 Å². The standard InChI is InChI=1S/C38H52N4O13/c1-24(43)20-28(21-25-5-10-29(44)11-6-25)38(51)40-32(22-26-7-12-30(45)13-8-26)34(47)23-27(9-15-35(48)41-52)37(50)39-31(14-16-36(49)42-53)33(46)4-3-17-55-19-18-54-2/h5-8,10-13,27-28,31-32,44-45,52-53H,3-4,9,14-23H2,1-2H3,(H,39,50)(H,40,51)(H,41,48)(H,42,49)/t27-,28+,31-,32-/m1/s1. The molecule has 17 nitrogen and oxygen atoms in total. The van der Waals surface area contributed by atoms with Crippen molar-refractivity contribution in [3.8, 4) is 11.5 Å². The van der Waals surface area contributed by atoms with Crippen LogP contribution in [0.15, 0.2) is 48.5 Å². The normalized spacial score (nSPS) is 13.1. The van der Waals surface area contributed by atoms with Crippen LogP contribution in [0.1, 0.15) is 69.4 Å². The summed E-state index contributed by atoms with van der Waals surface area (Å²) in [4.78, 5) is 90.9. The summed E-state index contributed by atoms with van der Waals surface area (Å²) in [6, 6.07) is 9.50. The van der Waals surface area contributed by atoms with Crippen LogP contribution in [0.3, 0.4) is 0 Å². The molecule has 0 spiro atoms. The lowest BCUT2D eigenvalue weighted by Crippen LogP contribution is -2.48. The van der Waals surface area contributed by atoms with Gasteiger partial charge in [-0.15, -0.1) is 0 Å². The third kappa shape index (κ3) is 18.1. The average molecular weight is 773 g/mol. The average Bonchev–Trinajstić information content (AvgIpc) is 3.16. The number of phenolic OH excluding ortho intramolecular Hbond substituents is 2. The minimum Gasteiger partial charge on any atom is -0.508 e. The number of nitrogens with one attached hydrogen (secondary N) is 4. The number of methoxy groups -OCH3 is 1. The molecule has 0 bridgehead atoms. The van der Waals surface area contributed by atoms with Gasteiger partial charge in [-0.1, -0.05) is 24.3 Å². The maximum absolute atomic E-state index is 14.1. The number of amides is 4. The molecule has 0 aliphatic heterocycles. The Labute approximate surface area is 319 Å². The molecule has 8 N–H and O–H groups in total. The maximum atomic E-state index is 14.1. The monoisotopic (exact) mass is 772 g/mol. The summed E-state index contributed by atoms with van der Waals surface area (Å²) in [6.45, 7) is 2.21. The van der Waals surface area contributed by atoms with Crippen LogP contribution in [0.4, 0.5) is 0 Å². The van der Waals surface area contributed by atoms with Crippen molar-refractivity contribution < 1.29 is 63.7 Å². The first-order chi connectivity index (χ1) is 26.3. The van der Waals surface area contributed by atoms with E-state index in [0.717, 1.165) is 0 Å². The van der Waals surface area contributed by atoms with Crippen LogP contribution >= 0.6 is 0 Å². The first kappa shape index (κ1) is 45.9. The van der Waals surface area contributed by atoms with Crippen LogP contribution in [-0.4, -0.2) is 101 Å². The first-order valence-corrected chi connectivity index (χ1v) is 17.9. The molecular formula is C38H52N4O13. The van der Waals surface area contributed by atoms with E-state index in [9.17, 15) is 43.8 Å². The second-order valence-electron chi connectivity index (χ2n) is 13.2. The third-order valence-electron chi connectivity index (χ3n) is 8.70. The van der Waals surface area contributed by atoms with Crippen molar-refractivity contribution in [2.45, 2.75) is 83.2 Å². The number of hydroxylamine groups is 2. The smallest absolute Gasteiger partial charge is 0.243 e. The number of rotatable bonds is 27. The molecule has 4 amide bonds. The van der Waals surface area contributed by atoms with E-state index in [1.54, 1.807) is 24.3 Å². The molecule has 2 aromatic rings. The lowest BCUT2D eigenvalue weighted by atomic mass is 9.89. The van der Waals surface area contributed by atoms with Gasteiger partial charge in [0.15, 0.2) is 11.6 Å². The fourth-order valence-corrected chi connectivity index (χ4v) is 5.70. The van der Waals surface area contributed by atoms with Crippen LogP contribution in [0, 0.1) is 11.8 Å². The molecule has 55 heavy (non-hydrogen) atoms. The summed E-state index contributed by atoms with van der Waals surface area (Å²) >= 11 is 0. The van der Waals surface area contributed by atoms with Crippen molar-refractivity contribution in [3.63, 3.8) is 0 Å². The first-order valence-electron chi connectivity index (χ1n) is 17.9. The molecule has 17 heteroatoms. The van der Waals surface area contributed by atoms with E-state index in [2.05, 4.69) is 10.6 Å². The highest BCUT2D eigenvalue weighted by atomic mass is 16.5. The van der Waals surface area contributed by atoms with E-state index in [-0.39, 0.29) is 75.3 Å². The van der Waals surface area contributed by atoms with E-state index in [1.165, 1.54) is 49.3 Å². The Morgan fingerprint density at radius 2 is 1.15 bits per heavy atom. The highest BCUT2D eigenvalue weighted by Gasteiger charge is 2.32. The van der Waals surface area contributed by atoms with Crippen molar-refractivity contribution in [2.24, 2.45) is 11.8 Å². The van der Waals surface area contributed by atoms with E-state index in [1.807, 2.05) is 0 Å². The zero-order valence-electron chi connectivity index (χ0n) is 31.1. The molecule has 0 fully saturated rings. The number of hydrogen-bond acceptors (Lipinski definition) is 13. The number of ketones is 3. The highest BCUT2D eigenvalue weighted by Crippen LogP contribution is 2.21. The van der Waals surface area contributed by atoms with E-state index < -0.39 is 72.0 Å². The molecule has 0 saturated carbocycles. The number of carbonyl (C=O) groups excluding carboxylic acids is 7. The summed E-state index contributed by atoms with van der Waals surface area (Å²) in [5.41, 5.74) is 4.14. The molecule has 2 rings (SSSR count). The van der Waals surface area contributed by atoms with Crippen molar-refractivity contribution in [1.29, 1.82) is 0 Å². The van der Waals surface area contributed by atoms with Crippen molar-refractivity contribution >= 4 is 41.0 Å². The van der Waals surface area contributed by atoms with Gasteiger partial charge >= 0.3 is 0 Å². The summed E-state index contributed by atoms with van der Waals surface area (Å²) < 4.78 is 10.3. The molecule has 0 heterocycles. The second-order valence-corrected chi connectivity index (χ2v) is 13.2. The quantitative estimate of drug-likeness (QED) is 0.0365. The molecule has 0 saturated heterocycles. The van der Waals surface area contributed by atoms with Gasteiger partial charge in [-0.2, -0.15) is 0 Å². The van der Waals surface area contributed by atoms with Crippen LogP contribution in [-0.2, 0) is 55.9 Å². The van der Waals surface area contributed by atoms with Gasteiger partial charge in [0, 0.05) is 57.7 Å². The van der Waals surface area contributed by atoms with Gasteiger partial charge < -0.3 is 35.1 Å². The molecule has 0 unspecified atom stereocenters. The predicted octanol–water partition coefficient (Wildman–Crippen LogP) is 1.61. The summed E-state index contributed by atoms with van der Waals surface area (Å²) in [6.07, 6.45) is -1.60. The zero-order valence-corrected chi connectivity index (χ0v) is 31.1. The Morgan fingerprint density at radius 3 is 1.69 bits per heavy atom. The molecule has 0 radical (unpaired) electrons. The molecule has 302 valence electrons. The summed E-state index contributed by atoms with van der Waals surface area (Å²) in [7, 11) is 1.51. The number of carbonyl (C=O) groups is 7. The topological polar surface area (TPSA) is 267 Å². The van der Waals surface area contributed by atoms with Gasteiger partial charge in [0.2, 0.25) is 23.6 Å². The zero-order chi connectivity index (χ0) is 40.8. The van der Waals surface area contributed by atoms with Gasteiger partial charge in [-0.25, -0.2) is 11.0 Å². The minimum atomic E-state index is -1.26. The predicted molar refractivity (Wildman–Crippen MR) is 195 cm³/mol. The second kappa shape index (κ2) is 25.0. The number of aromatic hydroxyl groups is 2. The van der Waals surface area contributed by atoms with E-state index >= 15 is 0 Å². The third-order valence-corrected chi connectivity index (χ3v) is 8.70. The fourth-order valence-electron chi connectivity index (χ4n) is 5.70.